The first-order chi connectivity index (χ1) is 13.8. The maximum Gasteiger partial charge on any atom is 0.265 e. The van der Waals surface area contributed by atoms with Crippen LogP contribution in [0.3, 0.4) is 0 Å². The molecule has 1 unspecified atom stereocenters. The number of rotatable bonds is 6. The fraction of sp³-hybridized carbons (Fsp3) is 0.381. The minimum atomic E-state index is -3.51. The molecular weight excluding hydrogens is 412 g/mol. The van der Waals surface area contributed by atoms with Crippen LogP contribution in [0.25, 0.3) is 0 Å². The number of ether oxygens (including phenoxy) is 1. The molecule has 0 radical (unpaired) electrons. The van der Waals surface area contributed by atoms with Crippen molar-refractivity contribution in [1.29, 1.82) is 0 Å². The van der Waals surface area contributed by atoms with Crippen LogP contribution >= 0.6 is 11.6 Å². The quantitative estimate of drug-likeness (QED) is 0.737. The van der Waals surface area contributed by atoms with E-state index in [2.05, 4.69) is 12.2 Å². The molecule has 0 aliphatic carbocycles. The monoisotopic (exact) mass is 436 g/mol. The number of nitrogens with one attached hydrogen (secondary N) is 1. The fourth-order valence-corrected chi connectivity index (χ4v) is 4.69. The van der Waals surface area contributed by atoms with Gasteiger partial charge >= 0.3 is 0 Å². The molecule has 1 aliphatic heterocycles. The van der Waals surface area contributed by atoms with Crippen LogP contribution in [0.1, 0.15) is 26.7 Å². The van der Waals surface area contributed by atoms with E-state index in [0.717, 1.165) is 12.8 Å². The van der Waals surface area contributed by atoms with Crippen LogP contribution in [0.4, 0.5) is 5.69 Å². The van der Waals surface area contributed by atoms with Gasteiger partial charge in [-0.2, -0.15) is 4.31 Å². The summed E-state index contributed by atoms with van der Waals surface area (Å²) in [6.45, 7) is 4.86. The molecule has 1 amide bonds. The van der Waals surface area contributed by atoms with E-state index in [9.17, 15) is 13.2 Å². The van der Waals surface area contributed by atoms with Crippen molar-refractivity contribution in [3.8, 4) is 5.75 Å². The number of piperidine rings is 1. The Morgan fingerprint density at radius 2 is 1.69 bits per heavy atom. The number of nitrogens with zero attached hydrogens (tertiary/aromatic N) is 1. The SMILES string of the molecule is CC1CCN(S(=O)(=O)c2ccc(NC(=O)C(C)Oc3ccc(Cl)cc3)cc2)CC1. The molecule has 1 saturated heterocycles. The smallest absolute Gasteiger partial charge is 0.265 e. The summed E-state index contributed by atoms with van der Waals surface area (Å²) < 4.78 is 32.7. The molecule has 29 heavy (non-hydrogen) atoms. The van der Waals surface area contributed by atoms with Gasteiger partial charge in [-0.1, -0.05) is 18.5 Å². The zero-order valence-electron chi connectivity index (χ0n) is 16.5. The zero-order valence-corrected chi connectivity index (χ0v) is 18.0. The number of amides is 1. The fourth-order valence-electron chi connectivity index (χ4n) is 3.10. The molecule has 2 aromatic carbocycles. The van der Waals surface area contributed by atoms with Crippen LogP contribution in [0.15, 0.2) is 53.4 Å². The second-order valence-corrected chi connectivity index (χ2v) is 9.69. The number of carbonyl (C=O) groups is 1. The lowest BCUT2D eigenvalue weighted by atomic mass is 10.0. The van der Waals surface area contributed by atoms with Crippen molar-refractivity contribution in [3.63, 3.8) is 0 Å². The summed E-state index contributed by atoms with van der Waals surface area (Å²) in [6.07, 6.45) is 1.02. The Kier molecular flexibility index (Phi) is 6.82. The van der Waals surface area contributed by atoms with Gasteiger partial charge in [-0.3, -0.25) is 4.79 Å². The summed E-state index contributed by atoms with van der Waals surface area (Å²) in [5.41, 5.74) is 0.507. The van der Waals surface area contributed by atoms with Crippen molar-refractivity contribution in [3.05, 3.63) is 53.6 Å². The number of carbonyl (C=O) groups excluding carboxylic acids is 1. The Bertz CT molecular complexity index is 938. The molecule has 0 bridgehead atoms. The number of halogens is 1. The number of hydrogen-bond donors (Lipinski definition) is 1. The van der Waals surface area contributed by atoms with E-state index in [0.29, 0.717) is 35.5 Å². The molecule has 8 heteroatoms. The van der Waals surface area contributed by atoms with Gasteiger partial charge < -0.3 is 10.1 Å². The minimum absolute atomic E-state index is 0.232. The summed E-state index contributed by atoms with van der Waals surface area (Å²) in [5, 5.41) is 3.33. The van der Waals surface area contributed by atoms with Crippen LogP contribution in [0, 0.1) is 5.92 Å². The molecule has 6 nitrogen and oxygen atoms in total. The summed E-state index contributed by atoms with van der Waals surface area (Å²) >= 11 is 5.84. The van der Waals surface area contributed by atoms with Crippen LogP contribution in [-0.2, 0) is 14.8 Å². The highest BCUT2D eigenvalue weighted by Gasteiger charge is 2.28. The largest absolute Gasteiger partial charge is 0.481 e. The molecule has 0 spiro atoms. The van der Waals surface area contributed by atoms with Crippen molar-refractivity contribution in [1.82, 2.24) is 4.31 Å². The van der Waals surface area contributed by atoms with Crippen LogP contribution in [-0.4, -0.2) is 37.8 Å². The van der Waals surface area contributed by atoms with Gasteiger partial charge in [-0.05, 0) is 74.2 Å². The summed E-state index contributed by atoms with van der Waals surface area (Å²) in [5.74, 6) is 0.756. The Morgan fingerprint density at radius 3 is 2.28 bits per heavy atom. The van der Waals surface area contributed by atoms with Crippen LogP contribution < -0.4 is 10.1 Å². The van der Waals surface area contributed by atoms with E-state index >= 15 is 0 Å². The van der Waals surface area contributed by atoms with Crippen molar-refractivity contribution < 1.29 is 17.9 Å². The highest BCUT2D eigenvalue weighted by molar-refractivity contribution is 7.89. The standard InChI is InChI=1S/C21H25ClN2O4S/c1-15-11-13-24(14-12-15)29(26,27)20-9-5-18(6-10-20)23-21(25)16(2)28-19-7-3-17(22)4-8-19/h3-10,15-16H,11-14H2,1-2H3,(H,23,25). The molecular formula is C21H25ClN2O4S. The third kappa shape index (κ3) is 5.50. The van der Waals surface area contributed by atoms with E-state index in [1.54, 1.807) is 43.3 Å². The lowest BCUT2D eigenvalue weighted by molar-refractivity contribution is -0.122. The lowest BCUT2D eigenvalue weighted by Gasteiger charge is -2.29. The predicted octanol–water partition coefficient (Wildman–Crippen LogP) is 4.17. The van der Waals surface area contributed by atoms with E-state index in [1.807, 2.05) is 0 Å². The number of anilines is 1. The van der Waals surface area contributed by atoms with Gasteiger partial charge in [0, 0.05) is 23.8 Å². The summed E-state index contributed by atoms with van der Waals surface area (Å²) in [4.78, 5) is 12.6. The molecule has 1 aliphatic rings. The third-order valence-corrected chi connectivity index (χ3v) is 7.16. The normalized spacial score (nSPS) is 16.9. The van der Waals surface area contributed by atoms with Gasteiger partial charge in [0.25, 0.3) is 5.91 Å². The number of sulfonamides is 1. The van der Waals surface area contributed by atoms with Crippen LogP contribution in [0.5, 0.6) is 5.75 Å². The Balaban J connectivity index is 1.61. The van der Waals surface area contributed by atoms with E-state index < -0.39 is 16.1 Å². The van der Waals surface area contributed by atoms with Gasteiger partial charge in [0.15, 0.2) is 6.10 Å². The van der Waals surface area contributed by atoms with Gasteiger partial charge in [0.05, 0.1) is 4.90 Å². The molecule has 0 saturated carbocycles. The first-order valence-electron chi connectivity index (χ1n) is 9.59. The third-order valence-electron chi connectivity index (χ3n) is 5.00. The maximum absolute atomic E-state index is 12.8. The molecule has 2 aromatic rings. The van der Waals surface area contributed by atoms with Gasteiger partial charge in [-0.15, -0.1) is 0 Å². The lowest BCUT2D eigenvalue weighted by Crippen LogP contribution is -2.37. The van der Waals surface area contributed by atoms with Crippen molar-refractivity contribution in [2.45, 2.75) is 37.7 Å². The minimum Gasteiger partial charge on any atom is -0.481 e. The first kappa shape index (κ1) is 21.6. The van der Waals surface area contributed by atoms with Crippen molar-refractivity contribution in [2.75, 3.05) is 18.4 Å². The van der Waals surface area contributed by atoms with E-state index in [-0.39, 0.29) is 10.8 Å². The van der Waals surface area contributed by atoms with E-state index in [1.165, 1.54) is 16.4 Å². The Labute approximate surface area is 176 Å². The average molecular weight is 437 g/mol. The van der Waals surface area contributed by atoms with Crippen molar-refractivity contribution in [2.24, 2.45) is 5.92 Å². The molecule has 1 N–H and O–H groups in total. The summed E-state index contributed by atoms with van der Waals surface area (Å²) in [6, 6.07) is 13.0. The van der Waals surface area contributed by atoms with Gasteiger partial charge in [0.1, 0.15) is 5.75 Å². The highest BCUT2D eigenvalue weighted by atomic mass is 35.5. The van der Waals surface area contributed by atoms with Crippen molar-refractivity contribution >= 4 is 33.2 Å². The molecule has 156 valence electrons. The van der Waals surface area contributed by atoms with E-state index in [4.69, 9.17) is 16.3 Å². The summed E-state index contributed by atoms with van der Waals surface area (Å²) in [7, 11) is -3.51. The Morgan fingerprint density at radius 1 is 1.10 bits per heavy atom. The number of hydrogen-bond acceptors (Lipinski definition) is 4. The second kappa shape index (κ2) is 9.15. The second-order valence-electron chi connectivity index (χ2n) is 7.31. The highest BCUT2D eigenvalue weighted by Crippen LogP contribution is 2.24. The molecule has 0 aromatic heterocycles. The Hall–Kier alpha value is -2.09. The molecule has 1 fully saturated rings. The topological polar surface area (TPSA) is 75.7 Å². The first-order valence-corrected chi connectivity index (χ1v) is 11.4. The molecule has 1 heterocycles. The zero-order chi connectivity index (χ0) is 21.0. The average Bonchev–Trinajstić information content (AvgIpc) is 2.70. The predicted molar refractivity (Wildman–Crippen MR) is 114 cm³/mol. The molecule has 3 rings (SSSR count). The van der Waals surface area contributed by atoms with Gasteiger partial charge in [-0.25, -0.2) is 8.42 Å². The molecule has 1 atom stereocenters. The maximum atomic E-state index is 12.8. The number of benzene rings is 2. The van der Waals surface area contributed by atoms with Crippen LogP contribution in [0.2, 0.25) is 5.02 Å². The van der Waals surface area contributed by atoms with Gasteiger partial charge in [0.2, 0.25) is 10.0 Å².